The highest BCUT2D eigenvalue weighted by Gasteiger charge is 2.18. The summed E-state index contributed by atoms with van der Waals surface area (Å²) in [5.74, 6) is 0. The maximum atomic E-state index is 13.4. The van der Waals surface area contributed by atoms with Crippen LogP contribution in [0.3, 0.4) is 0 Å². The third-order valence-corrected chi connectivity index (χ3v) is 5.02. The third-order valence-electron chi connectivity index (χ3n) is 5.02. The first-order valence-corrected chi connectivity index (χ1v) is 9.21. The van der Waals surface area contributed by atoms with Crippen LogP contribution in [0.5, 0.6) is 0 Å². The Labute approximate surface area is 162 Å². The van der Waals surface area contributed by atoms with E-state index in [-0.39, 0.29) is 17.8 Å². The van der Waals surface area contributed by atoms with Gasteiger partial charge in [-0.3, -0.25) is 9.36 Å². The van der Waals surface area contributed by atoms with Crippen molar-refractivity contribution in [2.45, 2.75) is 27.3 Å². The van der Waals surface area contributed by atoms with Crippen molar-refractivity contribution in [3.63, 3.8) is 0 Å². The summed E-state index contributed by atoms with van der Waals surface area (Å²) in [7, 11) is 0. The summed E-state index contributed by atoms with van der Waals surface area (Å²) >= 11 is 0. The van der Waals surface area contributed by atoms with Gasteiger partial charge >= 0.3 is 5.69 Å². The van der Waals surface area contributed by atoms with Gasteiger partial charge in [-0.15, -0.1) is 0 Å². The number of aryl methyl sites for hydroxylation is 3. The van der Waals surface area contributed by atoms with Crippen LogP contribution in [-0.2, 0) is 6.54 Å². The molecule has 28 heavy (non-hydrogen) atoms. The molecule has 0 bridgehead atoms. The first-order valence-electron chi connectivity index (χ1n) is 9.21. The van der Waals surface area contributed by atoms with E-state index in [1.54, 1.807) is 0 Å². The fraction of sp³-hybridized carbons (Fsp3) is 0.174. The molecular weight excluding hydrogens is 350 g/mol. The molecule has 0 aliphatic heterocycles. The number of hydrogen-bond acceptors (Lipinski definition) is 3. The number of benzene rings is 2. The lowest BCUT2D eigenvalue weighted by atomic mass is 10.1. The Morgan fingerprint density at radius 1 is 0.857 bits per heavy atom. The summed E-state index contributed by atoms with van der Waals surface area (Å²) < 4.78 is 2.84. The molecule has 5 heteroatoms. The van der Waals surface area contributed by atoms with Crippen molar-refractivity contribution >= 4 is 11.0 Å². The maximum absolute atomic E-state index is 13.4. The van der Waals surface area contributed by atoms with Crippen molar-refractivity contribution in [3.05, 3.63) is 104 Å². The van der Waals surface area contributed by atoms with Crippen LogP contribution in [0.2, 0.25) is 0 Å². The van der Waals surface area contributed by atoms with Crippen molar-refractivity contribution in [1.29, 1.82) is 0 Å². The highest BCUT2D eigenvalue weighted by atomic mass is 16.2. The molecule has 0 N–H and O–H groups in total. The maximum Gasteiger partial charge on any atom is 0.337 e. The second kappa shape index (κ2) is 6.93. The number of para-hydroxylation sites is 1. The van der Waals surface area contributed by atoms with Crippen LogP contribution in [0.1, 0.15) is 22.4 Å². The van der Waals surface area contributed by atoms with Crippen LogP contribution in [0, 0.1) is 20.8 Å². The standard InChI is InChI=1S/C23H21N3O2/c1-15-9-7-8-10-18(15)14-25-22(27)20-16(2)13-17(3)24-21(20)26(23(25)28)19-11-5-4-6-12-19/h4-13H,14H2,1-3H3. The van der Waals surface area contributed by atoms with Crippen molar-refractivity contribution < 1.29 is 0 Å². The summed E-state index contributed by atoms with van der Waals surface area (Å²) in [6.07, 6.45) is 0. The minimum Gasteiger partial charge on any atom is -0.268 e. The van der Waals surface area contributed by atoms with E-state index in [2.05, 4.69) is 4.98 Å². The molecule has 2 aromatic heterocycles. The number of hydrogen-bond donors (Lipinski definition) is 0. The van der Waals surface area contributed by atoms with Gasteiger partial charge in [0.1, 0.15) is 0 Å². The van der Waals surface area contributed by atoms with E-state index in [1.807, 2.05) is 81.4 Å². The Bertz CT molecular complexity index is 1300. The van der Waals surface area contributed by atoms with Crippen molar-refractivity contribution in [3.8, 4) is 5.69 Å². The quantitative estimate of drug-likeness (QED) is 0.554. The van der Waals surface area contributed by atoms with E-state index in [9.17, 15) is 9.59 Å². The van der Waals surface area contributed by atoms with Gasteiger partial charge in [-0.1, -0.05) is 42.5 Å². The Hall–Kier alpha value is -3.47. The minimum atomic E-state index is -0.385. The second-order valence-electron chi connectivity index (χ2n) is 7.05. The van der Waals surface area contributed by atoms with Gasteiger partial charge in [-0.25, -0.2) is 14.3 Å². The molecule has 4 rings (SSSR count). The van der Waals surface area contributed by atoms with E-state index in [1.165, 1.54) is 9.13 Å². The second-order valence-corrected chi connectivity index (χ2v) is 7.05. The molecule has 0 atom stereocenters. The van der Waals surface area contributed by atoms with Gasteiger partial charge in [0.2, 0.25) is 0 Å². The van der Waals surface area contributed by atoms with Crippen LogP contribution >= 0.6 is 0 Å². The topological polar surface area (TPSA) is 56.9 Å². The monoisotopic (exact) mass is 371 g/mol. The molecule has 0 spiro atoms. The molecule has 0 radical (unpaired) electrons. The highest BCUT2D eigenvalue weighted by Crippen LogP contribution is 2.17. The Morgan fingerprint density at radius 2 is 1.54 bits per heavy atom. The molecule has 2 heterocycles. The lowest BCUT2D eigenvalue weighted by Gasteiger charge is -2.16. The average Bonchev–Trinajstić information content (AvgIpc) is 2.67. The van der Waals surface area contributed by atoms with Gasteiger partial charge in [0, 0.05) is 5.69 Å². The van der Waals surface area contributed by atoms with Gasteiger partial charge in [-0.05, 0) is 55.7 Å². The first kappa shape index (κ1) is 17.9. The third kappa shape index (κ3) is 2.95. The van der Waals surface area contributed by atoms with Crippen molar-refractivity contribution in [2.75, 3.05) is 0 Å². The molecular formula is C23H21N3O2. The Morgan fingerprint density at radius 3 is 2.25 bits per heavy atom. The minimum absolute atomic E-state index is 0.223. The van der Waals surface area contributed by atoms with E-state index >= 15 is 0 Å². The molecule has 0 fully saturated rings. The largest absolute Gasteiger partial charge is 0.337 e. The summed E-state index contributed by atoms with van der Waals surface area (Å²) in [6, 6.07) is 19.0. The summed E-state index contributed by atoms with van der Waals surface area (Å²) in [4.78, 5) is 31.3. The Balaban J connectivity index is 2.11. The highest BCUT2D eigenvalue weighted by molar-refractivity contribution is 5.79. The molecule has 0 aliphatic carbocycles. The lowest BCUT2D eigenvalue weighted by molar-refractivity contribution is 0.679. The molecule has 140 valence electrons. The SMILES string of the molecule is Cc1cc(C)c2c(=O)n(Cc3ccccc3C)c(=O)n(-c3ccccc3)c2n1. The van der Waals surface area contributed by atoms with Crippen LogP contribution < -0.4 is 11.2 Å². The lowest BCUT2D eigenvalue weighted by Crippen LogP contribution is -2.40. The number of pyridine rings is 1. The van der Waals surface area contributed by atoms with Crippen LogP contribution in [0.4, 0.5) is 0 Å². The zero-order valence-corrected chi connectivity index (χ0v) is 16.1. The van der Waals surface area contributed by atoms with Gasteiger partial charge in [0.25, 0.3) is 5.56 Å². The molecule has 2 aromatic carbocycles. The number of aromatic nitrogens is 3. The number of nitrogens with zero attached hydrogens (tertiary/aromatic N) is 3. The zero-order chi connectivity index (χ0) is 19.8. The van der Waals surface area contributed by atoms with Crippen LogP contribution in [-0.4, -0.2) is 14.1 Å². The molecule has 0 saturated heterocycles. The van der Waals surface area contributed by atoms with Crippen molar-refractivity contribution in [1.82, 2.24) is 14.1 Å². The number of fused-ring (bicyclic) bond motifs is 1. The van der Waals surface area contributed by atoms with Gasteiger partial charge < -0.3 is 0 Å². The average molecular weight is 371 g/mol. The predicted molar refractivity (Wildman–Crippen MR) is 111 cm³/mol. The molecule has 5 nitrogen and oxygen atoms in total. The number of rotatable bonds is 3. The predicted octanol–water partition coefficient (Wildman–Crippen LogP) is 3.52. The van der Waals surface area contributed by atoms with Gasteiger partial charge in [0.15, 0.2) is 5.65 Å². The van der Waals surface area contributed by atoms with E-state index in [4.69, 9.17) is 0 Å². The molecule has 4 aromatic rings. The normalized spacial score (nSPS) is 11.1. The zero-order valence-electron chi connectivity index (χ0n) is 16.1. The van der Waals surface area contributed by atoms with E-state index in [0.717, 1.165) is 22.4 Å². The van der Waals surface area contributed by atoms with Crippen LogP contribution in [0.15, 0.2) is 70.3 Å². The fourth-order valence-corrected chi connectivity index (χ4v) is 3.58. The van der Waals surface area contributed by atoms with E-state index in [0.29, 0.717) is 16.7 Å². The fourth-order valence-electron chi connectivity index (χ4n) is 3.58. The summed E-state index contributed by atoms with van der Waals surface area (Å²) in [6.45, 7) is 5.95. The molecule has 0 amide bonds. The van der Waals surface area contributed by atoms with E-state index < -0.39 is 0 Å². The molecule has 0 unspecified atom stereocenters. The van der Waals surface area contributed by atoms with Crippen molar-refractivity contribution in [2.24, 2.45) is 0 Å². The van der Waals surface area contributed by atoms with Gasteiger partial charge in [-0.2, -0.15) is 0 Å². The summed E-state index contributed by atoms with van der Waals surface area (Å²) in [5, 5.41) is 0.475. The summed E-state index contributed by atoms with van der Waals surface area (Å²) in [5.41, 5.74) is 3.97. The van der Waals surface area contributed by atoms with Gasteiger partial charge in [0.05, 0.1) is 17.6 Å². The molecule has 0 aliphatic rings. The smallest absolute Gasteiger partial charge is 0.268 e. The Kier molecular flexibility index (Phi) is 4.43. The first-order chi connectivity index (χ1) is 13.5. The molecule has 0 saturated carbocycles. The van der Waals surface area contributed by atoms with Crippen LogP contribution in [0.25, 0.3) is 16.7 Å².